The number of carbonyl (C=O) groups is 2. The minimum absolute atomic E-state index is 0.0393. The van der Waals surface area contributed by atoms with E-state index in [4.69, 9.17) is 4.74 Å². The van der Waals surface area contributed by atoms with Crippen LogP contribution in [0.5, 0.6) is 0 Å². The first-order valence-electron chi connectivity index (χ1n) is 7.84. The van der Waals surface area contributed by atoms with Crippen molar-refractivity contribution < 1.29 is 14.3 Å². The van der Waals surface area contributed by atoms with Crippen molar-refractivity contribution in [3.63, 3.8) is 0 Å². The molecule has 4 atom stereocenters. The van der Waals surface area contributed by atoms with Crippen LogP contribution < -0.4 is 0 Å². The van der Waals surface area contributed by atoms with Crippen LogP contribution in [0.3, 0.4) is 0 Å². The molecule has 0 aromatic rings. The second-order valence-corrected chi connectivity index (χ2v) is 6.42. The SMILES string of the molecule is COC(=O)C(CC/C=C/CC(C)=O)[C@@H]1C[C@H]2CC[C@H]1C2. The molecule has 1 unspecified atom stereocenters. The average molecular weight is 278 g/mol. The first-order valence-corrected chi connectivity index (χ1v) is 7.84. The van der Waals surface area contributed by atoms with Crippen LogP contribution >= 0.6 is 0 Å². The van der Waals surface area contributed by atoms with Gasteiger partial charge in [0.2, 0.25) is 0 Å². The van der Waals surface area contributed by atoms with Crippen LogP contribution in [0, 0.1) is 23.7 Å². The summed E-state index contributed by atoms with van der Waals surface area (Å²) in [6.07, 6.45) is 11.3. The topological polar surface area (TPSA) is 43.4 Å². The molecule has 2 aliphatic carbocycles. The Morgan fingerprint density at radius 2 is 2.05 bits per heavy atom. The minimum atomic E-state index is -0.0393. The van der Waals surface area contributed by atoms with E-state index in [9.17, 15) is 9.59 Å². The Kier molecular flexibility index (Phi) is 5.38. The molecule has 112 valence electrons. The zero-order valence-electron chi connectivity index (χ0n) is 12.6. The van der Waals surface area contributed by atoms with Gasteiger partial charge in [0.05, 0.1) is 13.0 Å². The number of ketones is 1. The zero-order chi connectivity index (χ0) is 14.5. The van der Waals surface area contributed by atoms with Gasteiger partial charge in [0, 0.05) is 6.42 Å². The van der Waals surface area contributed by atoms with Gasteiger partial charge in [0.1, 0.15) is 5.78 Å². The number of methoxy groups -OCH3 is 1. The molecule has 0 aliphatic heterocycles. The van der Waals surface area contributed by atoms with Crippen molar-refractivity contribution in [2.45, 2.75) is 51.9 Å². The predicted octanol–water partition coefficient (Wildman–Crippen LogP) is 3.53. The number of fused-ring (bicyclic) bond motifs is 2. The summed E-state index contributed by atoms with van der Waals surface area (Å²) in [6, 6.07) is 0. The molecular formula is C17H26O3. The third-order valence-electron chi connectivity index (χ3n) is 5.03. The molecule has 2 aliphatic rings. The van der Waals surface area contributed by atoms with E-state index >= 15 is 0 Å². The molecule has 2 saturated carbocycles. The Balaban J connectivity index is 1.86. The van der Waals surface area contributed by atoms with Crippen molar-refractivity contribution >= 4 is 11.8 Å². The molecule has 3 heteroatoms. The van der Waals surface area contributed by atoms with Crippen LogP contribution in [-0.4, -0.2) is 18.9 Å². The quantitative estimate of drug-likeness (QED) is 0.528. The Morgan fingerprint density at radius 1 is 1.25 bits per heavy atom. The Morgan fingerprint density at radius 3 is 2.60 bits per heavy atom. The van der Waals surface area contributed by atoms with Gasteiger partial charge >= 0.3 is 5.97 Å². The molecule has 0 heterocycles. The van der Waals surface area contributed by atoms with Gasteiger partial charge < -0.3 is 4.74 Å². The van der Waals surface area contributed by atoms with Crippen molar-refractivity contribution in [2.75, 3.05) is 7.11 Å². The van der Waals surface area contributed by atoms with Crippen LogP contribution in [-0.2, 0) is 14.3 Å². The van der Waals surface area contributed by atoms with E-state index in [1.165, 1.54) is 32.8 Å². The number of rotatable bonds is 7. The smallest absolute Gasteiger partial charge is 0.308 e. The van der Waals surface area contributed by atoms with E-state index in [1.807, 2.05) is 12.2 Å². The number of hydrogen-bond donors (Lipinski definition) is 0. The second kappa shape index (κ2) is 7.05. The highest BCUT2D eigenvalue weighted by Crippen LogP contribution is 2.52. The van der Waals surface area contributed by atoms with Gasteiger partial charge in [-0.25, -0.2) is 0 Å². The molecule has 0 spiro atoms. The summed E-state index contributed by atoms with van der Waals surface area (Å²) in [4.78, 5) is 22.9. The molecule has 0 saturated heterocycles. The van der Waals surface area contributed by atoms with Crippen LogP contribution in [0.1, 0.15) is 51.9 Å². The van der Waals surface area contributed by atoms with E-state index in [1.54, 1.807) is 6.92 Å². The first kappa shape index (κ1) is 15.3. The summed E-state index contributed by atoms with van der Waals surface area (Å²) < 4.78 is 5.01. The molecule has 0 radical (unpaired) electrons. The van der Waals surface area contributed by atoms with E-state index < -0.39 is 0 Å². The molecule has 2 rings (SSSR count). The van der Waals surface area contributed by atoms with Crippen LogP contribution in [0.15, 0.2) is 12.2 Å². The Labute approximate surface area is 121 Å². The summed E-state index contributed by atoms with van der Waals surface area (Å²) in [6.45, 7) is 1.59. The molecule has 0 aromatic carbocycles. The van der Waals surface area contributed by atoms with Crippen LogP contribution in [0.4, 0.5) is 0 Å². The van der Waals surface area contributed by atoms with E-state index in [2.05, 4.69) is 0 Å². The summed E-state index contributed by atoms with van der Waals surface area (Å²) in [5.74, 6) is 2.32. The molecular weight excluding hydrogens is 252 g/mol. The molecule has 0 aromatic heterocycles. The second-order valence-electron chi connectivity index (χ2n) is 6.42. The van der Waals surface area contributed by atoms with Gasteiger partial charge in [-0.15, -0.1) is 0 Å². The third kappa shape index (κ3) is 3.71. The maximum atomic E-state index is 12.0. The fourth-order valence-corrected chi connectivity index (χ4v) is 4.09. The molecule has 2 fully saturated rings. The highest BCUT2D eigenvalue weighted by atomic mass is 16.5. The number of ether oxygens (including phenoxy) is 1. The zero-order valence-corrected chi connectivity index (χ0v) is 12.6. The average Bonchev–Trinajstić information content (AvgIpc) is 3.04. The van der Waals surface area contributed by atoms with E-state index in [-0.39, 0.29) is 17.7 Å². The van der Waals surface area contributed by atoms with Gasteiger partial charge in [-0.3, -0.25) is 9.59 Å². The highest BCUT2D eigenvalue weighted by Gasteiger charge is 2.45. The molecule has 2 bridgehead atoms. The summed E-state index contributed by atoms with van der Waals surface area (Å²) in [7, 11) is 1.49. The number of esters is 1. The normalized spacial score (nSPS) is 29.8. The maximum absolute atomic E-state index is 12.0. The van der Waals surface area contributed by atoms with Gasteiger partial charge in [-0.1, -0.05) is 18.6 Å². The first-order chi connectivity index (χ1) is 9.61. The standard InChI is InChI=1S/C17H26O3/c1-12(18)6-4-3-5-7-15(17(19)20-2)16-11-13-8-9-14(16)10-13/h3-4,13-16H,5-11H2,1-2H3/b4-3+/t13-,14-,15?,16+/m0/s1. The number of carbonyl (C=O) groups excluding carboxylic acids is 2. The van der Waals surface area contributed by atoms with Crippen molar-refractivity contribution in [3.8, 4) is 0 Å². The summed E-state index contributed by atoms with van der Waals surface area (Å²) in [5, 5.41) is 0. The van der Waals surface area contributed by atoms with E-state index in [0.717, 1.165) is 24.7 Å². The van der Waals surface area contributed by atoms with Crippen LogP contribution in [0.2, 0.25) is 0 Å². The Bertz CT molecular complexity index is 386. The van der Waals surface area contributed by atoms with Crippen molar-refractivity contribution in [1.29, 1.82) is 0 Å². The lowest BCUT2D eigenvalue weighted by atomic mass is 9.77. The van der Waals surface area contributed by atoms with Gasteiger partial charge in [0.25, 0.3) is 0 Å². The lowest BCUT2D eigenvalue weighted by molar-refractivity contribution is -0.148. The highest BCUT2D eigenvalue weighted by molar-refractivity contribution is 5.77. The number of allylic oxidation sites excluding steroid dienone is 2. The maximum Gasteiger partial charge on any atom is 0.308 e. The molecule has 0 N–H and O–H groups in total. The fraction of sp³-hybridized carbons (Fsp3) is 0.765. The lowest BCUT2D eigenvalue weighted by Crippen LogP contribution is -2.28. The summed E-state index contributed by atoms with van der Waals surface area (Å²) in [5.41, 5.74) is 0. The predicted molar refractivity (Wildman–Crippen MR) is 78.1 cm³/mol. The van der Waals surface area contributed by atoms with E-state index in [0.29, 0.717) is 12.3 Å². The lowest BCUT2D eigenvalue weighted by Gasteiger charge is -2.28. The third-order valence-corrected chi connectivity index (χ3v) is 5.03. The number of hydrogen-bond acceptors (Lipinski definition) is 3. The van der Waals surface area contributed by atoms with Crippen molar-refractivity contribution in [2.24, 2.45) is 23.7 Å². The number of Topliss-reactive ketones (excluding diaryl/α,β-unsaturated/α-hetero) is 1. The molecule has 20 heavy (non-hydrogen) atoms. The monoisotopic (exact) mass is 278 g/mol. The fourth-order valence-electron chi connectivity index (χ4n) is 4.09. The van der Waals surface area contributed by atoms with Crippen molar-refractivity contribution in [3.05, 3.63) is 12.2 Å². The molecule has 0 amide bonds. The van der Waals surface area contributed by atoms with Crippen molar-refractivity contribution in [1.82, 2.24) is 0 Å². The molecule has 3 nitrogen and oxygen atoms in total. The van der Waals surface area contributed by atoms with Crippen LogP contribution in [0.25, 0.3) is 0 Å². The van der Waals surface area contributed by atoms with Gasteiger partial charge in [-0.2, -0.15) is 0 Å². The van der Waals surface area contributed by atoms with Gasteiger partial charge in [-0.05, 0) is 56.8 Å². The summed E-state index contributed by atoms with van der Waals surface area (Å²) >= 11 is 0. The Hall–Kier alpha value is -1.12. The largest absolute Gasteiger partial charge is 0.469 e. The minimum Gasteiger partial charge on any atom is -0.469 e. The van der Waals surface area contributed by atoms with Gasteiger partial charge in [0.15, 0.2) is 0 Å².